The summed E-state index contributed by atoms with van der Waals surface area (Å²) in [6, 6.07) is 9.04. The quantitative estimate of drug-likeness (QED) is 0.731. The number of hydrogen-bond acceptors (Lipinski definition) is 2. The van der Waals surface area contributed by atoms with Crippen LogP contribution in [0.3, 0.4) is 0 Å². The second kappa shape index (κ2) is 6.11. The SMILES string of the molecule is CCCNCC(C)(CC1CSc2ccccc21)C1CC1. The van der Waals surface area contributed by atoms with Crippen LogP contribution in [0.4, 0.5) is 0 Å². The summed E-state index contributed by atoms with van der Waals surface area (Å²) in [6.07, 6.45) is 5.50. The lowest BCUT2D eigenvalue weighted by atomic mass is 9.75. The number of rotatable bonds is 7. The van der Waals surface area contributed by atoms with Gasteiger partial charge in [0.25, 0.3) is 0 Å². The molecule has 0 spiro atoms. The van der Waals surface area contributed by atoms with Gasteiger partial charge in [-0.25, -0.2) is 0 Å². The predicted molar refractivity (Wildman–Crippen MR) is 88.5 cm³/mol. The summed E-state index contributed by atoms with van der Waals surface area (Å²) < 4.78 is 0. The largest absolute Gasteiger partial charge is 0.316 e. The number of benzene rings is 1. The molecule has 0 saturated heterocycles. The number of nitrogens with one attached hydrogen (secondary N) is 1. The van der Waals surface area contributed by atoms with Gasteiger partial charge in [0.05, 0.1) is 0 Å². The van der Waals surface area contributed by atoms with E-state index >= 15 is 0 Å². The number of fused-ring (bicyclic) bond motifs is 1. The average Bonchev–Trinajstić information content (AvgIpc) is 3.24. The van der Waals surface area contributed by atoms with E-state index < -0.39 is 0 Å². The van der Waals surface area contributed by atoms with Crippen LogP contribution in [0.1, 0.15) is 51.0 Å². The molecule has 1 nitrogen and oxygen atoms in total. The van der Waals surface area contributed by atoms with Crippen molar-refractivity contribution in [2.75, 3.05) is 18.8 Å². The third kappa shape index (κ3) is 3.07. The molecule has 0 amide bonds. The van der Waals surface area contributed by atoms with Crippen molar-refractivity contribution >= 4 is 11.8 Å². The highest BCUT2D eigenvalue weighted by atomic mass is 32.2. The standard InChI is InChI=1S/C18H27NS/c1-3-10-19-13-18(2,15-8-9-15)11-14-12-20-17-7-5-4-6-16(14)17/h4-7,14-15,19H,3,8-13H2,1-2H3. The van der Waals surface area contributed by atoms with E-state index in [4.69, 9.17) is 0 Å². The van der Waals surface area contributed by atoms with Gasteiger partial charge >= 0.3 is 0 Å². The molecule has 2 unspecified atom stereocenters. The Morgan fingerprint density at radius 1 is 1.30 bits per heavy atom. The van der Waals surface area contributed by atoms with Gasteiger partial charge in [-0.3, -0.25) is 0 Å². The lowest BCUT2D eigenvalue weighted by molar-refractivity contribution is 0.223. The molecule has 1 aromatic carbocycles. The molecule has 1 saturated carbocycles. The van der Waals surface area contributed by atoms with Crippen LogP contribution in [0, 0.1) is 11.3 Å². The maximum atomic E-state index is 3.69. The first-order valence-corrected chi connectivity index (χ1v) is 9.14. The summed E-state index contributed by atoms with van der Waals surface area (Å²) in [4.78, 5) is 1.53. The molecular formula is C18H27NS. The molecule has 2 atom stereocenters. The molecule has 1 aliphatic carbocycles. The molecule has 1 N–H and O–H groups in total. The number of thioether (sulfide) groups is 1. The zero-order valence-electron chi connectivity index (χ0n) is 12.8. The van der Waals surface area contributed by atoms with Crippen molar-refractivity contribution in [3.63, 3.8) is 0 Å². The van der Waals surface area contributed by atoms with Gasteiger partial charge < -0.3 is 5.32 Å². The Hall–Kier alpha value is -0.470. The minimum Gasteiger partial charge on any atom is -0.316 e. The summed E-state index contributed by atoms with van der Waals surface area (Å²) in [5.41, 5.74) is 2.11. The molecule has 1 aromatic rings. The zero-order chi connectivity index (χ0) is 14.0. The first-order valence-electron chi connectivity index (χ1n) is 8.15. The highest BCUT2D eigenvalue weighted by Gasteiger charge is 2.43. The topological polar surface area (TPSA) is 12.0 Å². The van der Waals surface area contributed by atoms with E-state index in [0.717, 1.165) is 18.4 Å². The smallest absolute Gasteiger partial charge is 0.0107 e. The van der Waals surface area contributed by atoms with Crippen LogP contribution in [-0.2, 0) is 0 Å². The van der Waals surface area contributed by atoms with Gasteiger partial charge in [0.1, 0.15) is 0 Å². The van der Waals surface area contributed by atoms with E-state index in [2.05, 4.69) is 55.2 Å². The van der Waals surface area contributed by atoms with Crippen LogP contribution in [0.5, 0.6) is 0 Å². The third-order valence-corrected chi connectivity index (χ3v) is 6.28. The van der Waals surface area contributed by atoms with Gasteiger partial charge in [0, 0.05) is 17.2 Å². The van der Waals surface area contributed by atoms with Gasteiger partial charge in [-0.1, -0.05) is 32.0 Å². The third-order valence-electron chi connectivity index (χ3n) is 5.03. The Morgan fingerprint density at radius 2 is 2.10 bits per heavy atom. The van der Waals surface area contributed by atoms with Crippen molar-refractivity contribution in [1.82, 2.24) is 5.32 Å². The van der Waals surface area contributed by atoms with Crippen LogP contribution in [0.2, 0.25) is 0 Å². The van der Waals surface area contributed by atoms with Crippen molar-refractivity contribution in [1.29, 1.82) is 0 Å². The molecule has 1 fully saturated rings. The predicted octanol–water partition coefficient (Wildman–Crippen LogP) is 4.68. The molecule has 2 heteroatoms. The fourth-order valence-corrected chi connectivity index (χ4v) is 4.93. The summed E-state index contributed by atoms with van der Waals surface area (Å²) in [5.74, 6) is 3.02. The van der Waals surface area contributed by atoms with Crippen LogP contribution in [0.25, 0.3) is 0 Å². The molecular weight excluding hydrogens is 262 g/mol. The maximum Gasteiger partial charge on any atom is 0.0107 e. The van der Waals surface area contributed by atoms with E-state index in [9.17, 15) is 0 Å². The molecule has 20 heavy (non-hydrogen) atoms. The highest BCUT2D eigenvalue weighted by Crippen LogP contribution is 2.52. The zero-order valence-corrected chi connectivity index (χ0v) is 13.6. The van der Waals surface area contributed by atoms with E-state index in [1.54, 1.807) is 5.56 Å². The minimum atomic E-state index is 0.498. The van der Waals surface area contributed by atoms with E-state index in [0.29, 0.717) is 5.41 Å². The summed E-state index contributed by atoms with van der Waals surface area (Å²) >= 11 is 2.06. The molecule has 2 aliphatic rings. The lowest BCUT2D eigenvalue weighted by Gasteiger charge is -2.33. The van der Waals surface area contributed by atoms with Crippen LogP contribution >= 0.6 is 11.8 Å². The Kier molecular flexibility index (Phi) is 4.42. The van der Waals surface area contributed by atoms with E-state index in [1.807, 2.05) is 0 Å². The van der Waals surface area contributed by atoms with Gasteiger partial charge in [-0.2, -0.15) is 0 Å². The molecule has 0 bridgehead atoms. The molecule has 0 aromatic heterocycles. The van der Waals surface area contributed by atoms with Gasteiger partial charge in [0.15, 0.2) is 0 Å². The summed E-state index contributed by atoms with van der Waals surface area (Å²) in [7, 11) is 0. The van der Waals surface area contributed by atoms with Gasteiger partial charge in [-0.15, -0.1) is 11.8 Å². The monoisotopic (exact) mass is 289 g/mol. The van der Waals surface area contributed by atoms with Gasteiger partial charge in [-0.05, 0) is 61.1 Å². The second-order valence-corrected chi connectivity index (χ2v) is 7.92. The Labute approximate surface area is 127 Å². The fraction of sp³-hybridized carbons (Fsp3) is 0.667. The molecule has 3 rings (SSSR count). The molecule has 110 valence electrons. The highest BCUT2D eigenvalue weighted by molar-refractivity contribution is 7.99. The maximum absolute atomic E-state index is 3.69. The average molecular weight is 289 g/mol. The van der Waals surface area contributed by atoms with Crippen molar-refractivity contribution in [2.24, 2.45) is 11.3 Å². The summed E-state index contributed by atoms with van der Waals surface area (Å²) in [5, 5.41) is 3.69. The first-order chi connectivity index (χ1) is 9.73. The summed E-state index contributed by atoms with van der Waals surface area (Å²) in [6.45, 7) is 7.15. The van der Waals surface area contributed by atoms with Crippen LogP contribution in [0.15, 0.2) is 29.2 Å². The normalized spacial score (nSPS) is 24.4. The molecule has 1 aliphatic heterocycles. The van der Waals surface area contributed by atoms with E-state index in [-0.39, 0.29) is 0 Å². The van der Waals surface area contributed by atoms with Crippen LogP contribution in [-0.4, -0.2) is 18.8 Å². The van der Waals surface area contributed by atoms with Crippen molar-refractivity contribution < 1.29 is 0 Å². The van der Waals surface area contributed by atoms with E-state index in [1.165, 1.54) is 42.9 Å². The van der Waals surface area contributed by atoms with Crippen LogP contribution < -0.4 is 5.32 Å². The Bertz CT molecular complexity index is 454. The Balaban J connectivity index is 1.68. The lowest BCUT2D eigenvalue weighted by Crippen LogP contribution is -2.35. The Morgan fingerprint density at radius 3 is 2.85 bits per heavy atom. The van der Waals surface area contributed by atoms with Gasteiger partial charge in [0.2, 0.25) is 0 Å². The first kappa shape index (κ1) is 14.5. The molecule has 1 heterocycles. The van der Waals surface area contributed by atoms with Crippen molar-refractivity contribution in [3.05, 3.63) is 29.8 Å². The second-order valence-electron chi connectivity index (χ2n) is 6.85. The molecule has 0 radical (unpaired) electrons. The fourth-order valence-electron chi connectivity index (χ4n) is 3.68. The minimum absolute atomic E-state index is 0.498. The van der Waals surface area contributed by atoms with Crippen molar-refractivity contribution in [3.8, 4) is 0 Å². The number of hydrogen-bond donors (Lipinski definition) is 1. The van der Waals surface area contributed by atoms with Crippen molar-refractivity contribution in [2.45, 2.75) is 50.3 Å².